The Labute approximate surface area is 133 Å². The highest BCUT2D eigenvalue weighted by Gasteiger charge is 2.25. The third-order valence-corrected chi connectivity index (χ3v) is 3.31. The van der Waals surface area contributed by atoms with Crippen molar-refractivity contribution in [2.45, 2.75) is 6.10 Å². The van der Waals surface area contributed by atoms with Crippen LogP contribution in [-0.2, 0) is 4.74 Å². The number of hydrogen-bond acceptors (Lipinski definition) is 6. The number of rotatable bonds is 4. The summed E-state index contributed by atoms with van der Waals surface area (Å²) in [5.41, 5.74) is 5.72. The largest absolute Gasteiger partial charge is 0.490 e. The Kier molecular flexibility index (Phi) is 6.54. The Bertz CT molecular complexity index is 554. The molecule has 1 fully saturated rings. The van der Waals surface area contributed by atoms with Gasteiger partial charge in [-0.1, -0.05) is 0 Å². The number of halogens is 1. The van der Waals surface area contributed by atoms with Crippen LogP contribution in [0.1, 0.15) is 10.4 Å². The minimum Gasteiger partial charge on any atom is -0.490 e. The van der Waals surface area contributed by atoms with E-state index in [0.717, 1.165) is 0 Å². The summed E-state index contributed by atoms with van der Waals surface area (Å²) >= 11 is 0. The molecular formula is C13H18ClN3O5. The van der Waals surface area contributed by atoms with E-state index in [0.29, 0.717) is 31.8 Å². The lowest BCUT2D eigenvalue weighted by Gasteiger charge is -2.32. The van der Waals surface area contributed by atoms with Crippen LogP contribution in [0.25, 0.3) is 0 Å². The fourth-order valence-corrected chi connectivity index (χ4v) is 2.19. The summed E-state index contributed by atoms with van der Waals surface area (Å²) < 4.78 is 10.4. The Morgan fingerprint density at radius 2 is 2.32 bits per heavy atom. The average Bonchev–Trinajstić information content (AvgIpc) is 2.53. The van der Waals surface area contributed by atoms with Crippen molar-refractivity contribution in [1.82, 2.24) is 4.90 Å². The van der Waals surface area contributed by atoms with E-state index < -0.39 is 4.92 Å². The number of nitrogens with zero attached hydrogens (tertiary/aromatic N) is 2. The first-order chi connectivity index (χ1) is 10.1. The van der Waals surface area contributed by atoms with Gasteiger partial charge >= 0.3 is 5.69 Å². The highest BCUT2D eigenvalue weighted by Crippen LogP contribution is 2.28. The molecule has 0 aromatic heterocycles. The van der Waals surface area contributed by atoms with Crippen molar-refractivity contribution >= 4 is 24.0 Å². The first-order valence-electron chi connectivity index (χ1n) is 6.50. The molecule has 0 bridgehead atoms. The lowest BCUT2D eigenvalue weighted by molar-refractivity contribution is -0.385. The van der Waals surface area contributed by atoms with E-state index in [1.54, 1.807) is 4.90 Å². The number of nitrogens with two attached hydrogens (primary N) is 1. The van der Waals surface area contributed by atoms with E-state index in [1.165, 1.54) is 25.3 Å². The molecule has 122 valence electrons. The third-order valence-electron chi connectivity index (χ3n) is 3.31. The Morgan fingerprint density at radius 1 is 1.59 bits per heavy atom. The molecule has 1 heterocycles. The van der Waals surface area contributed by atoms with Crippen LogP contribution in [0.15, 0.2) is 18.2 Å². The molecular weight excluding hydrogens is 314 g/mol. The summed E-state index contributed by atoms with van der Waals surface area (Å²) in [7, 11) is 1.33. The molecule has 0 spiro atoms. The van der Waals surface area contributed by atoms with Crippen molar-refractivity contribution in [3.05, 3.63) is 33.9 Å². The molecule has 1 aromatic rings. The number of benzene rings is 1. The topological polar surface area (TPSA) is 108 Å². The molecule has 2 rings (SSSR count). The Morgan fingerprint density at radius 3 is 2.91 bits per heavy atom. The van der Waals surface area contributed by atoms with Crippen LogP contribution < -0.4 is 10.5 Å². The highest BCUT2D eigenvalue weighted by atomic mass is 35.5. The number of morpholine rings is 1. The van der Waals surface area contributed by atoms with Gasteiger partial charge in [0.05, 0.1) is 24.7 Å². The summed E-state index contributed by atoms with van der Waals surface area (Å²) in [5, 5.41) is 10.8. The maximum Gasteiger partial charge on any atom is 0.310 e. The maximum absolute atomic E-state index is 12.4. The van der Waals surface area contributed by atoms with Crippen LogP contribution in [0, 0.1) is 10.1 Å². The predicted molar refractivity (Wildman–Crippen MR) is 81.6 cm³/mol. The Hall–Kier alpha value is -1.90. The smallest absolute Gasteiger partial charge is 0.310 e. The Balaban J connectivity index is 0.00000242. The van der Waals surface area contributed by atoms with Gasteiger partial charge in [-0.2, -0.15) is 0 Å². The second kappa shape index (κ2) is 7.92. The molecule has 0 saturated carbocycles. The molecule has 8 nitrogen and oxygen atoms in total. The van der Waals surface area contributed by atoms with Crippen LogP contribution in [0.3, 0.4) is 0 Å². The second-order valence-electron chi connectivity index (χ2n) is 4.62. The zero-order valence-corrected chi connectivity index (χ0v) is 12.9. The molecule has 9 heteroatoms. The molecule has 2 N–H and O–H groups in total. The lowest BCUT2D eigenvalue weighted by atomic mass is 10.1. The number of amides is 1. The molecule has 0 aliphatic carbocycles. The van der Waals surface area contributed by atoms with Gasteiger partial charge in [0.1, 0.15) is 0 Å². The van der Waals surface area contributed by atoms with Crippen LogP contribution in [-0.4, -0.2) is 55.2 Å². The van der Waals surface area contributed by atoms with Gasteiger partial charge in [-0.3, -0.25) is 14.9 Å². The van der Waals surface area contributed by atoms with Gasteiger partial charge in [0.2, 0.25) is 0 Å². The normalized spacial score (nSPS) is 17.5. The summed E-state index contributed by atoms with van der Waals surface area (Å²) in [5.74, 6) is -0.153. The molecule has 1 unspecified atom stereocenters. The zero-order chi connectivity index (χ0) is 15.4. The fourth-order valence-electron chi connectivity index (χ4n) is 2.19. The first-order valence-corrected chi connectivity index (χ1v) is 6.50. The fraction of sp³-hybridized carbons (Fsp3) is 0.462. The van der Waals surface area contributed by atoms with Crippen LogP contribution in [0.2, 0.25) is 0 Å². The number of methoxy groups -OCH3 is 1. The van der Waals surface area contributed by atoms with Crippen molar-refractivity contribution in [3.63, 3.8) is 0 Å². The molecule has 22 heavy (non-hydrogen) atoms. The molecule has 1 saturated heterocycles. The van der Waals surface area contributed by atoms with Gasteiger partial charge in [-0.25, -0.2) is 0 Å². The predicted octanol–water partition coefficient (Wildman–Crippen LogP) is 0.825. The van der Waals surface area contributed by atoms with E-state index in [1.807, 2.05) is 0 Å². The van der Waals surface area contributed by atoms with Crippen molar-refractivity contribution in [3.8, 4) is 5.75 Å². The standard InChI is InChI=1S/C13H17N3O5.ClH/c1-20-12-6-9(2-3-11(12)16(18)19)13(17)15-4-5-21-10(7-14)8-15;/h2-3,6,10H,4-5,7-8,14H2,1H3;1H. The van der Waals surface area contributed by atoms with E-state index in [-0.39, 0.29) is 35.9 Å². The van der Waals surface area contributed by atoms with Gasteiger partial charge in [-0.05, 0) is 6.07 Å². The van der Waals surface area contributed by atoms with Gasteiger partial charge < -0.3 is 20.1 Å². The number of carbonyl (C=O) groups excluding carboxylic acids is 1. The SMILES string of the molecule is COc1cc(C(=O)N2CCOC(CN)C2)ccc1[N+](=O)[O-].Cl. The van der Waals surface area contributed by atoms with Crippen LogP contribution in [0.4, 0.5) is 5.69 Å². The molecule has 1 atom stereocenters. The molecule has 1 aliphatic rings. The van der Waals surface area contributed by atoms with Gasteiger partial charge in [0, 0.05) is 37.3 Å². The van der Waals surface area contributed by atoms with E-state index in [9.17, 15) is 14.9 Å². The maximum atomic E-state index is 12.4. The number of hydrogen-bond donors (Lipinski definition) is 1. The van der Waals surface area contributed by atoms with Gasteiger partial charge in [-0.15, -0.1) is 12.4 Å². The van der Waals surface area contributed by atoms with Crippen LogP contribution >= 0.6 is 12.4 Å². The van der Waals surface area contributed by atoms with Crippen molar-refractivity contribution < 1.29 is 19.2 Å². The van der Waals surface area contributed by atoms with Crippen molar-refractivity contribution in [2.24, 2.45) is 5.73 Å². The summed E-state index contributed by atoms with van der Waals surface area (Å²) in [6.45, 7) is 1.65. The molecule has 0 radical (unpaired) electrons. The highest BCUT2D eigenvalue weighted by molar-refractivity contribution is 5.95. The molecule has 1 amide bonds. The number of nitro groups is 1. The third kappa shape index (κ3) is 3.85. The van der Waals surface area contributed by atoms with Crippen molar-refractivity contribution in [2.75, 3.05) is 33.4 Å². The number of ether oxygens (including phenoxy) is 2. The number of nitro benzene ring substituents is 1. The van der Waals surface area contributed by atoms with E-state index >= 15 is 0 Å². The quantitative estimate of drug-likeness (QED) is 0.646. The summed E-state index contributed by atoms with van der Waals surface area (Å²) in [4.78, 5) is 24.3. The first kappa shape index (κ1) is 18.1. The average molecular weight is 332 g/mol. The van der Waals surface area contributed by atoms with Crippen LogP contribution in [0.5, 0.6) is 5.75 Å². The van der Waals surface area contributed by atoms with E-state index in [4.69, 9.17) is 15.2 Å². The minimum absolute atomic E-state index is 0. The van der Waals surface area contributed by atoms with Gasteiger partial charge in [0.25, 0.3) is 5.91 Å². The zero-order valence-electron chi connectivity index (χ0n) is 12.1. The summed E-state index contributed by atoms with van der Waals surface area (Å²) in [6, 6.07) is 4.08. The minimum atomic E-state index is -0.549. The monoisotopic (exact) mass is 331 g/mol. The lowest BCUT2D eigenvalue weighted by Crippen LogP contribution is -2.48. The molecule has 1 aliphatic heterocycles. The second-order valence-corrected chi connectivity index (χ2v) is 4.62. The van der Waals surface area contributed by atoms with E-state index in [2.05, 4.69) is 0 Å². The van der Waals surface area contributed by atoms with Gasteiger partial charge in [0.15, 0.2) is 5.75 Å². The summed E-state index contributed by atoms with van der Waals surface area (Å²) in [6.07, 6.45) is -0.178. The van der Waals surface area contributed by atoms with Crippen molar-refractivity contribution in [1.29, 1.82) is 0 Å². The molecule has 1 aromatic carbocycles. The number of carbonyl (C=O) groups is 1.